The third-order valence-corrected chi connectivity index (χ3v) is 1.09. The summed E-state index contributed by atoms with van der Waals surface area (Å²) in [7, 11) is 0. The minimum absolute atomic E-state index is 0.0680. The molecule has 0 bridgehead atoms. The van der Waals surface area contributed by atoms with Crippen LogP contribution in [0, 0.1) is 6.42 Å². The highest BCUT2D eigenvalue weighted by atomic mass is 16.5. The van der Waals surface area contributed by atoms with Crippen LogP contribution < -0.4 is 0 Å². The third-order valence-electron chi connectivity index (χ3n) is 1.09. The number of aliphatic hydroxyl groups excluding tert-OH is 2. The van der Waals surface area contributed by atoms with Gasteiger partial charge in [-0.05, 0) is 12.8 Å². The topological polar surface area (TPSA) is 49.7 Å². The summed E-state index contributed by atoms with van der Waals surface area (Å²) in [6.07, 6.45) is 3.16. The lowest BCUT2D eigenvalue weighted by Crippen LogP contribution is -2.16. The minimum atomic E-state index is -0.581. The van der Waals surface area contributed by atoms with E-state index in [1.165, 1.54) is 0 Å². The zero-order valence-electron chi connectivity index (χ0n) is 6.57. The molecule has 1 radical (unpaired) electrons. The van der Waals surface area contributed by atoms with Crippen LogP contribution in [-0.4, -0.2) is 36.1 Å². The van der Waals surface area contributed by atoms with Crippen molar-refractivity contribution in [3.63, 3.8) is 0 Å². The average Bonchev–Trinajstić information content (AvgIpc) is 2.01. The van der Waals surface area contributed by atoms with E-state index < -0.39 is 6.10 Å². The highest BCUT2D eigenvalue weighted by Gasteiger charge is 2.02. The summed E-state index contributed by atoms with van der Waals surface area (Å²) in [5, 5.41) is 17.5. The second-order valence-corrected chi connectivity index (χ2v) is 2.14. The summed E-state index contributed by atoms with van der Waals surface area (Å²) in [5.74, 6) is 0. The first-order chi connectivity index (χ1) is 5.31. The molecule has 0 spiro atoms. The van der Waals surface area contributed by atoms with Crippen molar-refractivity contribution in [1.29, 1.82) is 0 Å². The van der Waals surface area contributed by atoms with Gasteiger partial charge in [0.05, 0.1) is 19.3 Å². The van der Waals surface area contributed by atoms with Crippen LogP contribution in [0.2, 0.25) is 0 Å². The van der Waals surface area contributed by atoms with E-state index in [4.69, 9.17) is 14.9 Å². The van der Waals surface area contributed by atoms with Crippen LogP contribution >= 0.6 is 0 Å². The van der Waals surface area contributed by atoms with Crippen LogP contribution in [0.4, 0.5) is 0 Å². The first-order valence-corrected chi connectivity index (χ1v) is 3.62. The summed E-state index contributed by atoms with van der Waals surface area (Å²) in [6, 6.07) is 0. The van der Waals surface area contributed by atoms with Gasteiger partial charge in [0, 0.05) is 6.61 Å². The van der Waals surface area contributed by atoms with E-state index >= 15 is 0 Å². The molecule has 0 saturated heterocycles. The molecule has 1 atom stereocenters. The molecule has 65 valence electrons. The van der Waals surface area contributed by atoms with Crippen molar-refractivity contribution in [2.75, 3.05) is 19.8 Å². The maximum atomic E-state index is 9.08. The molecule has 3 nitrogen and oxygen atoms in total. The standard InChI is InChI=1S/C8H15O3/c1-2-6-11-7-8(10)4-3-5-9/h2,4,8-10H,1,3,5-7H2. The second-order valence-electron chi connectivity index (χ2n) is 2.14. The van der Waals surface area contributed by atoms with Gasteiger partial charge in [0.2, 0.25) is 0 Å². The van der Waals surface area contributed by atoms with Gasteiger partial charge >= 0.3 is 0 Å². The molecule has 11 heavy (non-hydrogen) atoms. The predicted molar refractivity (Wildman–Crippen MR) is 43.0 cm³/mol. The lowest BCUT2D eigenvalue weighted by Gasteiger charge is -2.08. The van der Waals surface area contributed by atoms with E-state index in [0.29, 0.717) is 13.0 Å². The van der Waals surface area contributed by atoms with E-state index in [0.717, 1.165) is 0 Å². The lowest BCUT2D eigenvalue weighted by atomic mass is 10.2. The molecule has 0 amide bonds. The highest BCUT2D eigenvalue weighted by molar-refractivity contribution is 4.75. The average molecular weight is 159 g/mol. The Kier molecular flexibility index (Phi) is 7.46. The Morgan fingerprint density at radius 1 is 1.55 bits per heavy atom. The van der Waals surface area contributed by atoms with Crippen LogP contribution in [0.1, 0.15) is 6.42 Å². The molecule has 0 aromatic rings. The van der Waals surface area contributed by atoms with Gasteiger partial charge in [0.15, 0.2) is 0 Å². The molecule has 0 fully saturated rings. The third kappa shape index (κ3) is 7.52. The Balaban J connectivity index is 3.08. The second kappa shape index (κ2) is 7.72. The van der Waals surface area contributed by atoms with Crippen molar-refractivity contribution in [3.8, 4) is 0 Å². The fourth-order valence-corrected chi connectivity index (χ4v) is 0.607. The largest absolute Gasteiger partial charge is 0.396 e. The predicted octanol–water partition coefficient (Wildman–Crippen LogP) is 0.137. The van der Waals surface area contributed by atoms with Crippen LogP contribution in [0.25, 0.3) is 0 Å². The summed E-state index contributed by atoms with van der Waals surface area (Å²) < 4.78 is 4.96. The monoisotopic (exact) mass is 159 g/mol. The highest BCUT2D eigenvalue weighted by Crippen LogP contribution is 1.94. The van der Waals surface area contributed by atoms with Crippen molar-refractivity contribution in [1.82, 2.24) is 0 Å². The van der Waals surface area contributed by atoms with Crippen LogP contribution in [-0.2, 0) is 4.74 Å². The molecule has 0 rings (SSSR count). The van der Waals surface area contributed by atoms with Crippen LogP contribution in [0.5, 0.6) is 0 Å². The van der Waals surface area contributed by atoms with E-state index in [9.17, 15) is 0 Å². The molecule has 2 N–H and O–H groups in total. The number of aliphatic hydroxyl groups is 2. The van der Waals surface area contributed by atoms with Gasteiger partial charge in [-0.2, -0.15) is 0 Å². The van der Waals surface area contributed by atoms with Crippen molar-refractivity contribution in [3.05, 3.63) is 19.1 Å². The summed E-state index contributed by atoms with van der Waals surface area (Å²) >= 11 is 0. The Bertz CT molecular complexity index is 93.3. The zero-order valence-corrected chi connectivity index (χ0v) is 6.57. The van der Waals surface area contributed by atoms with Crippen molar-refractivity contribution >= 4 is 0 Å². The smallest absolute Gasteiger partial charge is 0.0806 e. The maximum Gasteiger partial charge on any atom is 0.0806 e. The van der Waals surface area contributed by atoms with Crippen LogP contribution in [0.15, 0.2) is 12.7 Å². The molecule has 3 heteroatoms. The Morgan fingerprint density at radius 2 is 2.27 bits per heavy atom. The molecule has 0 aliphatic rings. The SMILES string of the molecule is C=CCOCC(O)[CH]CCO. The normalized spacial score (nSPS) is 12.9. The molecular weight excluding hydrogens is 144 g/mol. The minimum Gasteiger partial charge on any atom is -0.396 e. The summed E-state index contributed by atoms with van der Waals surface area (Å²) in [5.41, 5.74) is 0. The Hall–Kier alpha value is -0.380. The number of ether oxygens (including phenoxy) is 1. The first kappa shape index (κ1) is 10.6. The van der Waals surface area contributed by atoms with E-state index in [1.54, 1.807) is 12.5 Å². The van der Waals surface area contributed by atoms with Gasteiger partial charge in [-0.25, -0.2) is 0 Å². The van der Waals surface area contributed by atoms with Gasteiger partial charge in [-0.3, -0.25) is 0 Å². The maximum absolute atomic E-state index is 9.08. The molecule has 0 aliphatic carbocycles. The fraction of sp³-hybridized carbons (Fsp3) is 0.625. The number of rotatable bonds is 7. The number of hydrogen-bond donors (Lipinski definition) is 2. The quantitative estimate of drug-likeness (QED) is 0.410. The van der Waals surface area contributed by atoms with Gasteiger partial charge in [-0.15, -0.1) is 6.58 Å². The van der Waals surface area contributed by atoms with Crippen LogP contribution in [0.3, 0.4) is 0 Å². The van der Waals surface area contributed by atoms with Gasteiger partial charge in [-0.1, -0.05) is 6.08 Å². The number of hydrogen-bond acceptors (Lipinski definition) is 3. The van der Waals surface area contributed by atoms with Gasteiger partial charge < -0.3 is 14.9 Å². The fourth-order valence-electron chi connectivity index (χ4n) is 0.607. The van der Waals surface area contributed by atoms with E-state index in [2.05, 4.69) is 6.58 Å². The molecule has 1 unspecified atom stereocenters. The van der Waals surface area contributed by atoms with E-state index in [1.807, 2.05) is 0 Å². The molecule has 0 saturated carbocycles. The van der Waals surface area contributed by atoms with Crippen molar-refractivity contribution in [2.24, 2.45) is 0 Å². The molecule has 0 aromatic heterocycles. The van der Waals surface area contributed by atoms with E-state index in [-0.39, 0.29) is 13.2 Å². The summed E-state index contributed by atoms with van der Waals surface area (Å²) in [4.78, 5) is 0. The molecule has 0 heterocycles. The Labute approximate surface area is 67.3 Å². The van der Waals surface area contributed by atoms with Gasteiger partial charge in [0.25, 0.3) is 0 Å². The first-order valence-electron chi connectivity index (χ1n) is 3.62. The molecule has 0 aliphatic heterocycles. The van der Waals surface area contributed by atoms with Gasteiger partial charge in [0.1, 0.15) is 0 Å². The lowest BCUT2D eigenvalue weighted by molar-refractivity contribution is 0.0635. The molecular formula is C8H15O3. The van der Waals surface area contributed by atoms with Crippen molar-refractivity contribution < 1.29 is 14.9 Å². The summed E-state index contributed by atoms with van der Waals surface area (Å²) in [6.45, 7) is 4.25. The van der Waals surface area contributed by atoms with Crippen molar-refractivity contribution in [2.45, 2.75) is 12.5 Å². The zero-order chi connectivity index (χ0) is 8.53. The Morgan fingerprint density at radius 3 is 2.82 bits per heavy atom. The molecule has 0 aromatic carbocycles.